The molecule has 0 radical (unpaired) electrons. The Kier molecular flexibility index (Phi) is 8.39. The van der Waals surface area contributed by atoms with Gasteiger partial charge in [-0.2, -0.15) is 0 Å². The van der Waals surface area contributed by atoms with E-state index in [0.717, 1.165) is 17.2 Å². The molecule has 38 heavy (non-hydrogen) atoms. The van der Waals surface area contributed by atoms with Gasteiger partial charge < -0.3 is 14.2 Å². The monoisotopic (exact) mass is 550 g/mol. The van der Waals surface area contributed by atoms with Crippen LogP contribution in [0.4, 0.5) is 5.69 Å². The Balaban J connectivity index is 1.39. The van der Waals surface area contributed by atoms with E-state index in [1.807, 2.05) is 18.2 Å². The number of carbonyl (C=O) groups excluding carboxylic acids is 2. The van der Waals surface area contributed by atoms with Crippen molar-refractivity contribution >= 4 is 51.9 Å². The first-order valence-corrected chi connectivity index (χ1v) is 12.5. The molecule has 0 N–H and O–H groups in total. The second-order valence-electron chi connectivity index (χ2n) is 8.04. The Morgan fingerprint density at radius 1 is 1.05 bits per heavy atom. The van der Waals surface area contributed by atoms with Gasteiger partial charge in [-0.05, 0) is 54.0 Å². The average molecular weight is 551 g/mol. The third-order valence-corrected chi connectivity index (χ3v) is 7.00. The van der Waals surface area contributed by atoms with Gasteiger partial charge in [-0.25, -0.2) is 4.79 Å². The summed E-state index contributed by atoms with van der Waals surface area (Å²) in [7, 11) is 3.15. The van der Waals surface area contributed by atoms with Gasteiger partial charge in [-0.3, -0.25) is 19.8 Å². The number of carbonyl (C=O) groups is 2. The van der Waals surface area contributed by atoms with E-state index >= 15 is 0 Å². The minimum absolute atomic E-state index is 0.0695. The Morgan fingerprint density at radius 2 is 1.79 bits per heavy atom. The number of thiocarbonyl (C=S) groups is 1. The maximum atomic E-state index is 13.0. The molecule has 1 fully saturated rings. The number of non-ortho nitro benzene ring substituents is 1. The van der Waals surface area contributed by atoms with Crippen molar-refractivity contribution in [2.45, 2.75) is 6.42 Å². The van der Waals surface area contributed by atoms with Gasteiger partial charge >= 0.3 is 5.97 Å². The zero-order chi connectivity index (χ0) is 27.2. The molecule has 0 saturated carbocycles. The molecule has 4 rings (SSSR count). The van der Waals surface area contributed by atoms with Crippen molar-refractivity contribution in [3.63, 3.8) is 0 Å². The number of rotatable bonds is 9. The molecular weight excluding hydrogens is 528 g/mol. The minimum Gasteiger partial charge on any atom is -0.493 e. The fourth-order valence-corrected chi connectivity index (χ4v) is 4.97. The molecule has 1 aliphatic rings. The lowest BCUT2D eigenvalue weighted by Crippen LogP contribution is -2.30. The van der Waals surface area contributed by atoms with Crippen LogP contribution in [0.3, 0.4) is 0 Å². The molecule has 0 spiro atoms. The summed E-state index contributed by atoms with van der Waals surface area (Å²) in [5, 5.41) is 10.9. The second-order valence-corrected chi connectivity index (χ2v) is 9.71. The molecule has 0 aromatic heterocycles. The van der Waals surface area contributed by atoms with E-state index in [1.54, 1.807) is 49.5 Å². The SMILES string of the molecule is COc1ccc(CCN2C(=O)/C(=C/c3ccc(OC(=O)c4cccc([N+](=O)[O-])c4)cc3)SC2=S)cc1OC. The first kappa shape index (κ1) is 26.8. The molecule has 0 aliphatic carbocycles. The van der Waals surface area contributed by atoms with E-state index in [2.05, 4.69) is 0 Å². The number of benzene rings is 3. The summed E-state index contributed by atoms with van der Waals surface area (Å²) >= 11 is 6.66. The van der Waals surface area contributed by atoms with Gasteiger partial charge in [0, 0.05) is 18.7 Å². The third kappa shape index (κ3) is 6.18. The quantitative estimate of drug-likeness (QED) is 0.0878. The maximum absolute atomic E-state index is 13.0. The number of esters is 1. The van der Waals surface area contributed by atoms with Crippen LogP contribution in [0.25, 0.3) is 6.08 Å². The number of ether oxygens (including phenoxy) is 3. The summed E-state index contributed by atoms with van der Waals surface area (Å²) in [5.74, 6) is 0.628. The Morgan fingerprint density at radius 3 is 2.47 bits per heavy atom. The summed E-state index contributed by atoms with van der Waals surface area (Å²) < 4.78 is 16.4. The molecule has 11 heteroatoms. The number of thioether (sulfide) groups is 1. The van der Waals surface area contributed by atoms with Crippen LogP contribution in [-0.4, -0.2) is 46.8 Å². The predicted molar refractivity (Wildman–Crippen MR) is 148 cm³/mol. The first-order valence-electron chi connectivity index (χ1n) is 11.3. The highest BCUT2D eigenvalue weighted by atomic mass is 32.2. The number of amides is 1. The van der Waals surface area contributed by atoms with Gasteiger partial charge in [0.05, 0.1) is 29.6 Å². The molecule has 9 nitrogen and oxygen atoms in total. The fraction of sp³-hybridized carbons (Fsp3) is 0.148. The number of hydrogen-bond acceptors (Lipinski definition) is 9. The topological polar surface area (TPSA) is 108 Å². The number of methoxy groups -OCH3 is 2. The van der Waals surface area contributed by atoms with Crippen molar-refractivity contribution in [1.29, 1.82) is 0 Å². The predicted octanol–water partition coefficient (Wildman–Crippen LogP) is 5.28. The number of nitro benzene ring substituents is 1. The lowest BCUT2D eigenvalue weighted by molar-refractivity contribution is -0.384. The van der Waals surface area contributed by atoms with E-state index in [-0.39, 0.29) is 22.9 Å². The van der Waals surface area contributed by atoms with Crippen molar-refractivity contribution in [3.05, 3.63) is 98.4 Å². The molecule has 0 atom stereocenters. The van der Waals surface area contributed by atoms with Gasteiger partial charge in [0.2, 0.25) is 0 Å². The average Bonchev–Trinajstić information content (AvgIpc) is 3.19. The molecule has 1 aliphatic heterocycles. The molecule has 1 heterocycles. The molecule has 0 unspecified atom stereocenters. The largest absolute Gasteiger partial charge is 0.493 e. The van der Waals surface area contributed by atoms with Crippen molar-refractivity contribution in [2.75, 3.05) is 20.8 Å². The fourth-order valence-electron chi connectivity index (χ4n) is 3.67. The second kappa shape index (κ2) is 11.9. The summed E-state index contributed by atoms with van der Waals surface area (Å²) in [6, 6.07) is 17.5. The first-order chi connectivity index (χ1) is 18.3. The van der Waals surface area contributed by atoms with Gasteiger partial charge in [0.15, 0.2) is 11.5 Å². The summed E-state index contributed by atoms with van der Waals surface area (Å²) in [5.41, 5.74) is 1.58. The van der Waals surface area contributed by atoms with Crippen LogP contribution in [0, 0.1) is 10.1 Å². The standard InChI is InChI=1S/C27H22N2O7S2/c1-34-22-11-8-18(14-23(22)35-2)12-13-28-25(30)24(38-27(28)37)15-17-6-9-21(10-7-17)36-26(31)19-4-3-5-20(16-19)29(32)33/h3-11,14-16H,12-13H2,1-2H3/b24-15-. The number of hydrogen-bond donors (Lipinski definition) is 0. The zero-order valence-electron chi connectivity index (χ0n) is 20.4. The van der Waals surface area contributed by atoms with Gasteiger partial charge in [-0.15, -0.1) is 0 Å². The van der Waals surface area contributed by atoms with Crippen molar-refractivity contribution < 1.29 is 28.7 Å². The Bertz CT molecular complexity index is 1440. The molecule has 1 amide bonds. The van der Waals surface area contributed by atoms with E-state index in [4.69, 9.17) is 26.4 Å². The minimum atomic E-state index is -0.711. The molecule has 194 valence electrons. The van der Waals surface area contributed by atoms with E-state index in [1.165, 1.54) is 30.0 Å². The summed E-state index contributed by atoms with van der Waals surface area (Å²) in [4.78, 5) is 37.8. The van der Waals surface area contributed by atoms with Crippen molar-refractivity contribution in [1.82, 2.24) is 4.90 Å². The van der Waals surface area contributed by atoms with E-state index in [0.29, 0.717) is 33.7 Å². The summed E-state index contributed by atoms with van der Waals surface area (Å²) in [6.45, 7) is 0.421. The highest BCUT2D eigenvalue weighted by molar-refractivity contribution is 8.26. The van der Waals surface area contributed by atoms with Crippen LogP contribution < -0.4 is 14.2 Å². The lowest BCUT2D eigenvalue weighted by atomic mass is 10.1. The third-order valence-electron chi connectivity index (χ3n) is 5.63. The zero-order valence-corrected chi connectivity index (χ0v) is 22.0. The molecule has 3 aromatic rings. The Hall–Kier alpha value is -4.22. The van der Waals surface area contributed by atoms with E-state index in [9.17, 15) is 19.7 Å². The van der Waals surface area contributed by atoms with Crippen LogP contribution in [0.15, 0.2) is 71.6 Å². The number of nitro groups is 1. The Labute approximate surface area is 228 Å². The molecule has 1 saturated heterocycles. The smallest absolute Gasteiger partial charge is 0.343 e. The van der Waals surface area contributed by atoms with Crippen LogP contribution in [0.2, 0.25) is 0 Å². The molecule has 0 bridgehead atoms. The van der Waals surface area contributed by atoms with Gasteiger partial charge in [-0.1, -0.05) is 48.2 Å². The van der Waals surface area contributed by atoms with Gasteiger partial charge in [0.25, 0.3) is 11.6 Å². The highest BCUT2D eigenvalue weighted by Gasteiger charge is 2.31. The number of nitrogens with zero attached hydrogens (tertiary/aromatic N) is 2. The normalized spacial score (nSPS) is 14.1. The van der Waals surface area contributed by atoms with Crippen LogP contribution >= 0.6 is 24.0 Å². The van der Waals surface area contributed by atoms with Crippen LogP contribution in [-0.2, 0) is 11.2 Å². The molecular formula is C27H22N2O7S2. The lowest BCUT2D eigenvalue weighted by Gasteiger charge is -2.15. The highest BCUT2D eigenvalue weighted by Crippen LogP contribution is 2.33. The molecule has 3 aromatic carbocycles. The van der Waals surface area contributed by atoms with Crippen molar-refractivity contribution in [2.24, 2.45) is 0 Å². The van der Waals surface area contributed by atoms with Gasteiger partial charge in [0.1, 0.15) is 10.1 Å². The van der Waals surface area contributed by atoms with Crippen LogP contribution in [0.1, 0.15) is 21.5 Å². The van der Waals surface area contributed by atoms with Crippen molar-refractivity contribution in [3.8, 4) is 17.2 Å². The van der Waals surface area contributed by atoms with E-state index < -0.39 is 10.9 Å². The van der Waals surface area contributed by atoms with Crippen LogP contribution in [0.5, 0.6) is 17.2 Å². The maximum Gasteiger partial charge on any atom is 0.343 e. The summed E-state index contributed by atoms with van der Waals surface area (Å²) in [6.07, 6.45) is 2.31.